The van der Waals surface area contributed by atoms with Crippen LogP contribution in [0.15, 0.2) is 47.8 Å². The molecule has 1 saturated heterocycles. The standard InChI is InChI=1S/C29H31N5O4S/c1-18-14-34(15-19(2)38-18)22-6-4-5-20(11-22)24-16-39-28(32-24)33-26(35)13-31-27(36)21-7-8-25-23(12-21)29(3,17-30)9-10-37-25/h4-8,11-12,16,18-19H,9-10,13-15H2,1-3H3,(H,31,36)(H,32,33,35)/t18-,19+,29-/m1/s1. The number of benzene rings is 2. The van der Waals surface area contributed by atoms with E-state index in [0.29, 0.717) is 35.0 Å². The Bertz CT molecular complexity index is 1420. The summed E-state index contributed by atoms with van der Waals surface area (Å²) in [5, 5.41) is 17.4. The summed E-state index contributed by atoms with van der Waals surface area (Å²) < 4.78 is 11.5. The van der Waals surface area contributed by atoms with Gasteiger partial charge in [-0.25, -0.2) is 4.98 Å². The number of anilines is 2. The number of rotatable bonds is 6. The normalized spacial score (nSPS) is 22.3. The maximum atomic E-state index is 12.7. The first-order chi connectivity index (χ1) is 18.7. The Morgan fingerprint density at radius 3 is 2.77 bits per heavy atom. The highest BCUT2D eigenvalue weighted by atomic mass is 32.1. The first kappa shape index (κ1) is 26.7. The lowest BCUT2D eigenvalue weighted by Gasteiger charge is -2.37. The smallest absolute Gasteiger partial charge is 0.251 e. The quantitative estimate of drug-likeness (QED) is 0.473. The summed E-state index contributed by atoms with van der Waals surface area (Å²) in [5.74, 6) is -0.168. The van der Waals surface area contributed by atoms with Crippen LogP contribution in [0.25, 0.3) is 11.3 Å². The second-order valence-electron chi connectivity index (χ2n) is 10.2. The predicted octanol–water partition coefficient (Wildman–Crippen LogP) is 4.36. The van der Waals surface area contributed by atoms with E-state index >= 15 is 0 Å². The maximum absolute atomic E-state index is 12.7. The van der Waals surface area contributed by atoms with Crippen molar-refractivity contribution >= 4 is 34.0 Å². The zero-order valence-electron chi connectivity index (χ0n) is 22.2. The second kappa shape index (κ2) is 11.0. The largest absolute Gasteiger partial charge is 0.493 e. The van der Waals surface area contributed by atoms with Gasteiger partial charge in [0.2, 0.25) is 5.91 Å². The van der Waals surface area contributed by atoms with Gasteiger partial charge in [-0.3, -0.25) is 9.59 Å². The molecule has 202 valence electrons. The molecule has 3 aromatic rings. The zero-order chi connectivity index (χ0) is 27.6. The summed E-state index contributed by atoms with van der Waals surface area (Å²) in [4.78, 5) is 32.2. The third-order valence-corrected chi connectivity index (χ3v) is 7.79. The summed E-state index contributed by atoms with van der Waals surface area (Å²) >= 11 is 1.33. The number of nitrogens with zero attached hydrogens (tertiary/aromatic N) is 3. The molecule has 5 rings (SSSR count). The fraction of sp³-hybridized carbons (Fsp3) is 0.379. The van der Waals surface area contributed by atoms with E-state index in [4.69, 9.17) is 9.47 Å². The first-order valence-corrected chi connectivity index (χ1v) is 13.8. The fourth-order valence-electron chi connectivity index (χ4n) is 4.98. The minimum atomic E-state index is -0.720. The monoisotopic (exact) mass is 545 g/mol. The van der Waals surface area contributed by atoms with Gasteiger partial charge in [0.15, 0.2) is 5.13 Å². The van der Waals surface area contributed by atoms with Crippen LogP contribution in [0.2, 0.25) is 0 Å². The van der Waals surface area contributed by atoms with Crippen LogP contribution in [-0.4, -0.2) is 55.2 Å². The lowest BCUT2D eigenvalue weighted by Crippen LogP contribution is -2.45. The Kier molecular flexibility index (Phi) is 7.55. The molecule has 0 spiro atoms. The third-order valence-electron chi connectivity index (χ3n) is 7.03. The van der Waals surface area contributed by atoms with Gasteiger partial charge in [0.1, 0.15) is 5.75 Å². The number of amides is 2. The molecule has 3 atom stereocenters. The Hall–Kier alpha value is -3.94. The van der Waals surface area contributed by atoms with Gasteiger partial charge in [-0.15, -0.1) is 11.3 Å². The Labute approximate surface area is 231 Å². The van der Waals surface area contributed by atoms with Gasteiger partial charge < -0.3 is 25.0 Å². The SMILES string of the molecule is C[C@@H]1CN(c2cccc(-c3csc(NC(=O)CNC(=O)c4ccc5c(c4)[C@@](C)(C#N)CCO5)n3)c2)C[C@H](C)O1. The average Bonchev–Trinajstić information content (AvgIpc) is 3.40. The van der Waals surface area contributed by atoms with Gasteiger partial charge in [0.05, 0.1) is 42.5 Å². The van der Waals surface area contributed by atoms with Crippen molar-refractivity contribution in [2.45, 2.75) is 44.8 Å². The predicted molar refractivity (Wildman–Crippen MR) is 150 cm³/mol. The highest BCUT2D eigenvalue weighted by Gasteiger charge is 2.34. The molecule has 0 saturated carbocycles. The van der Waals surface area contributed by atoms with Gasteiger partial charge in [-0.2, -0.15) is 5.26 Å². The number of thiazole rings is 1. The number of fused-ring (bicyclic) bond motifs is 1. The molecule has 2 aliphatic heterocycles. The number of carbonyl (C=O) groups excluding carboxylic acids is 2. The number of ether oxygens (including phenoxy) is 2. The molecule has 3 heterocycles. The van der Waals surface area contributed by atoms with Crippen LogP contribution >= 0.6 is 11.3 Å². The fourth-order valence-corrected chi connectivity index (χ4v) is 5.72. The van der Waals surface area contributed by atoms with Crippen LogP contribution in [-0.2, 0) is 14.9 Å². The summed E-state index contributed by atoms with van der Waals surface area (Å²) in [7, 11) is 0. The minimum absolute atomic E-state index is 0.165. The second-order valence-corrected chi connectivity index (χ2v) is 11.1. The molecule has 2 aliphatic rings. The Morgan fingerprint density at radius 1 is 1.21 bits per heavy atom. The number of hydrogen-bond acceptors (Lipinski definition) is 8. The number of nitrogens with one attached hydrogen (secondary N) is 2. The average molecular weight is 546 g/mol. The highest BCUT2D eigenvalue weighted by Crippen LogP contribution is 2.38. The number of hydrogen-bond donors (Lipinski definition) is 2. The number of nitriles is 1. The highest BCUT2D eigenvalue weighted by molar-refractivity contribution is 7.14. The van der Waals surface area contributed by atoms with Gasteiger partial charge >= 0.3 is 0 Å². The molecule has 39 heavy (non-hydrogen) atoms. The van der Waals surface area contributed by atoms with Crippen LogP contribution in [0.3, 0.4) is 0 Å². The minimum Gasteiger partial charge on any atom is -0.493 e. The lowest BCUT2D eigenvalue weighted by molar-refractivity contribution is -0.115. The van der Waals surface area contributed by atoms with Gasteiger partial charge in [-0.05, 0) is 51.1 Å². The Morgan fingerprint density at radius 2 is 2.00 bits per heavy atom. The van der Waals surface area contributed by atoms with E-state index in [1.165, 1.54) is 11.3 Å². The summed E-state index contributed by atoms with van der Waals surface area (Å²) in [6.07, 6.45) is 0.881. The molecule has 0 unspecified atom stereocenters. The first-order valence-electron chi connectivity index (χ1n) is 13.0. The molecule has 0 bridgehead atoms. The van der Waals surface area contributed by atoms with Crippen molar-refractivity contribution in [2.75, 3.05) is 36.5 Å². The molecular weight excluding hydrogens is 514 g/mol. The zero-order valence-corrected chi connectivity index (χ0v) is 23.0. The molecule has 0 radical (unpaired) electrons. The lowest BCUT2D eigenvalue weighted by atomic mass is 9.78. The molecule has 2 amide bonds. The van der Waals surface area contributed by atoms with Gasteiger partial charge in [0.25, 0.3) is 5.91 Å². The van der Waals surface area contributed by atoms with Crippen molar-refractivity contribution in [1.82, 2.24) is 10.3 Å². The van der Waals surface area contributed by atoms with Crippen molar-refractivity contribution in [3.8, 4) is 23.1 Å². The van der Waals surface area contributed by atoms with E-state index in [1.54, 1.807) is 18.2 Å². The van der Waals surface area contributed by atoms with Crippen molar-refractivity contribution in [2.24, 2.45) is 0 Å². The van der Waals surface area contributed by atoms with E-state index in [1.807, 2.05) is 24.4 Å². The van der Waals surface area contributed by atoms with Gasteiger partial charge in [-0.1, -0.05) is 12.1 Å². The molecule has 9 nitrogen and oxygen atoms in total. The third kappa shape index (κ3) is 5.90. The van der Waals surface area contributed by atoms with Crippen molar-refractivity contribution < 1.29 is 19.1 Å². The summed E-state index contributed by atoms with van der Waals surface area (Å²) in [6, 6.07) is 15.5. The van der Waals surface area contributed by atoms with Crippen LogP contribution < -0.4 is 20.3 Å². The Balaban J connectivity index is 1.19. The number of carbonyl (C=O) groups is 2. The maximum Gasteiger partial charge on any atom is 0.251 e. The molecule has 2 N–H and O–H groups in total. The number of aromatic nitrogens is 1. The van der Waals surface area contributed by atoms with Crippen LogP contribution in [0.1, 0.15) is 43.1 Å². The van der Waals surface area contributed by atoms with E-state index in [0.717, 1.165) is 30.0 Å². The molecule has 10 heteroatoms. The van der Waals surface area contributed by atoms with Crippen molar-refractivity contribution in [3.63, 3.8) is 0 Å². The topological polar surface area (TPSA) is 117 Å². The van der Waals surface area contributed by atoms with Crippen molar-refractivity contribution in [3.05, 3.63) is 59.0 Å². The summed E-state index contributed by atoms with van der Waals surface area (Å²) in [6.45, 7) is 7.90. The van der Waals surface area contributed by atoms with Crippen LogP contribution in [0.4, 0.5) is 10.8 Å². The van der Waals surface area contributed by atoms with E-state index in [-0.39, 0.29) is 24.7 Å². The van der Waals surface area contributed by atoms with Crippen molar-refractivity contribution in [1.29, 1.82) is 5.26 Å². The molecule has 0 aliphatic carbocycles. The van der Waals surface area contributed by atoms with Gasteiger partial charge in [0, 0.05) is 47.3 Å². The van der Waals surface area contributed by atoms with E-state index in [9.17, 15) is 14.9 Å². The van der Waals surface area contributed by atoms with Crippen LogP contribution in [0, 0.1) is 11.3 Å². The van der Waals surface area contributed by atoms with E-state index < -0.39 is 11.3 Å². The van der Waals surface area contributed by atoms with E-state index in [2.05, 4.69) is 52.6 Å². The summed E-state index contributed by atoms with van der Waals surface area (Å²) in [5.41, 5.74) is 3.18. The number of morpholine rings is 1. The van der Waals surface area contributed by atoms with Crippen LogP contribution in [0.5, 0.6) is 5.75 Å². The molecular formula is C29H31N5O4S. The molecule has 2 aromatic carbocycles. The molecule has 1 aromatic heterocycles. The molecule has 1 fully saturated rings.